The second-order valence-electron chi connectivity index (χ2n) is 5.10. The maximum atomic E-state index is 13.6. The number of halogens is 1. The van der Waals surface area contributed by atoms with Gasteiger partial charge in [-0.25, -0.2) is 9.18 Å². The molecule has 0 aliphatic rings. The maximum Gasteiger partial charge on any atom is 0.315 e. The lowest BCUT2D eigenvalue weighted by atomic mass is 10.0. The van der Waals surface area contributed by atoms with Gasteiger partial charge < -0.3 is 15.7 Å². The third-order valence-electron chi connectivity index (χ3n) is 3.35. The Morgan fingerprint density at radius 2 is 1.85 bits per heavy atom. The predicted molar refractivity (Wildman–Crippen MR) is 77.1 cm³/mol. The summed E-state index contributed by atoms with van der Waals surface area (Å²) in [5.41, 5.74) is 1.99. The molecule has 0 bridgehead atoms. The van der Waals surface area contributed by atoms with Crippen molar-refractivity contribution in [2.45, 2.75) is 46.2 Å². The number of benzene rings is 1. The van der Waals surface area contributed by atoms with Crippen molar-refractivity contribution < 1.29 is 14.3 Å². The van der Waals surface area contributed by atoms with E-state index in [1.165, 1.54) is 0 Å². The molecule has 1 unspecified atom stereocenters. The lowest BCUT2D eigenvalue weighted by Crippen LogP contribution is -2.44. The highest BCUT2D eigenvalue weighted by Crippen LogP contribution is 2.19. The van der Waals surface area contributed by atoms with Crippen LogP contribution in [0.2, 0.25) is 0 Å². The van der Waals surface area contributed by atoms with Gasteiger partial charge in [0, 0.05) is 0 Å². The quantitative estimate of drug-likeness (QED) is 0.777. The summed E-state index contributed by atoms with van der Waals surface area (Å²) in [4.78, 5) is 11.8. The fourth-order valence-electron chi connectivity index (χ4n) is 2.01. The summed E-state index contributed by atoms with van der Waals surface area (Å²) in [7, 11) is 0. The van der Waals surface area contributed by atoms with E-state index in [9.17, 15) is 9.18 Å². The number of aliphatic hydroxyl groups excluding tert-OH is 1. The molecule has 0 heterocycles. The molecule has 2 amide bonds. The minimum atomic E-state index is -0.335. The van der Waals surface area contributed by atoms with Crippen LogP contribution in [0.15, 0.2) is 12.1 Å². The summed E-state index contributed by atoms with van der Waals surface area (Å²) in [6.07, 6.45) is 0.660. The van der Waals surface area contributed by atoms with Crippen LogP contribution in [-0.2, 0) is 0 Å². The average molecular weight is 282 g/mol. The van der Waals surface area contributed by atoms with Crippen molar-refractivity contribution in [3.8, 4) is 0 Å². The molecule has 1 rings (SSSR count). The molecule has 0 saturated carbocycles. The summed E-state index contributed by atoms with van der Waals surface area (Å²) in [5.74, 6) is -0.211. The van der Waals surface area contributed by atoms with Crippen molar-refractivity contribution >= 4 is 6.03 Å². The monoisotopic (exact) mass is 282 g/mol. The molecule has 5 heteroatoms. The third kappa shape index (κ3) is 4.20. The summed E-state index contributed by atoms with van der Waals surface area (Å²) < 4.78 is 13.6. The van der Waals surface area contributed by atoms with E-state index < -0.39 is 0 Å². The SMILES string of the molecule is CC[C@@H](CO)NC(=O)NC(C)c1cc(C)c(F)c(C)c1. The Bertz CT molecular complexity index is 450. The Morgan fingerprint density at radius 1 is 1.30 bits per heavy atom. The summed E-state index contributed by atoms with van der Waals surface area (Å²) in [6.45, 7) is 7.05. The van der Waals surface area contributed by atoms with Gasteiger partial charge in [-0.3, -0.25) is 0 Å². The number of urea groups is 1. The van der Waals surface area contributed by atoms with E-state index in [1.807, 2.05) is 13.8 Å². The summed E-state index contributed by atoms with van der Waals surface area (Å²) in [6, 6.07) is 2.65. The number of rotatable bonds is 5. The minimum Gasteiger partial charge on any atom is -0.394 e. The minimum absolute atomic E-state index is 0.0902. The molecule has 0 aliphatic heterocycles. The highest BCUT2D eigenvalue weighted by molar-refractivity contribution is 5.74. The van der Waals surface area contributed by atoms with Crippen LogP contribution < -0.4 is 10.6 Å². The van der Waals surface area contributed by atoms with E-state index in [-0.39, 0.29) is 30.5 Å². The number of hydrogen-bond acceptors (Lipinski definition) is 2. The van der Waals surface area contributed by atoms with Crippen LogP contribution in [0.1, 0.15) is 43.0 Å². The van der Waals surface area contributed by atoms with Crippen LogP contribution in [0.25, 0.3) is 0 Å². The standard InChI is InChI=1S/C15H23FN2O2/c1-5-13(8-19)18-15(20)17-11(4)12-6-9(2)14(16)10(3)7-12/h6-7,11,13,19H,5,8H2,1-4H3,(H2,17,18,20)/t11?,13-/m0/s1. The molecule has 0 aromatic heterocycles. The van der Waals surface area contributed by atoms with Crippen molar-refractivity contribution in [1.29, 1.82) is 0 Å². The van der Waals surface area contributed by atoms with Crippen LogP contribution in [0, 0.1) is 19.7 Å². The second kappa shape index (κ2) is 7.24. The van der Waals surface area contributed by atoms with Gasteiger partial charge in [-0.15, -0.1) is 0 Å². The molecule has 1 aromatic rings. The van der Waals surface area contributed by atoms with Gasteiger partial charge in [-0.2, -0.15) is 0 Å². The first-order valence-corrected chi connectivity index (χ1v) is 6.83. The van der Waals surface area contributed by atoms with Crippen LogP contribution >= 0.6 is 0 Å². The number of aliphatic hydroxyl groups is 1. The molecule has 0 saturated heterocycles. The number of carbonyl (C=O) groups excluding carboxylic acids is 1. The summed E-state index contributed by atoms with van der Waals surface area (Å²) >= 11 is 0. The number of amides is 2. The topological polar surface area (TPSA) is 61.4 Å². The van der Waals surface area contributed by atoms with E-state index in [0.717, 1.165) is 5.56 Å². The second-order valence-corrected chi connectivity index (χ2v) is 5.10. The van der Waals surface area contributed by atoms with E-state index in [1.54, 1.807) is 26.0 Å². The Kier molecular flexibility index (Phi) is 5.95. The molecule has 4 nitrogen and oxygen atoms in total. The molecule has 0 aliphatic carbocycles. The zero-order valence-corrected chi connectivity index (χ0v) is 12.5. The van der Waals surface area contributed by atoms with E-state index in [4.69, 9.17) is 5.11 Å². The van der Waals surface area contributed by atoms with Crippen molar-refractivity contribution in [2.24, 2.45) is 0 Å². The maximum absolute atomic E-state index is 13.6. The first-order chi connectivity index (χ1) is 9.38. The van der Waals surface area contributed by atoms with E-state index >= 15 is 0 Å². The number of aryl methyl sites for hydroxylation is 2. The molecule has 2 atom stereocenters. The fraction of sp³-hybridized carbons (Fsp3) is 0.533. The van der Waals surface area contributed by atoms with Crippen LogP contribution in [0.4, 0.5) is 9.18 Å². The van der Waals surface area contributed by atoms with Crippen molar-refractivity contribution in [3.63, 3.8) is 0 Å². The molecule has 0 fully saturated rings. The first kappa shape index (κ1) is 16.4. The predicted octanol–water partition coefficient (Wildman–Crippen LogP) is 2.57. The Balaban J connectivity index is 2.71. The molecular formula is C15H23FN2O2. The molecule has 1 aromatic carbocycles. The molecule has 20 heavy (non-hydrogen) atoms. The lowest BCUT2D eigenvalue weighted by molar-refractivity contribution is 0.212. The van der Waals surface area contributed by atoms with Crippen molar-refractivity contribution in [3.05, 3.63) is 34.6 Å². The largest absolute Gasteiger partial charge is 0.394 e. The summed E-state index contributed by atoms with van der Waals surface area (Å²) in [5, 5.41) is 14.5. The van der Waals surface area contributed by atoms with Gasteiger partial charge in [0.1, 0.15) is 5.82 Å². The lowest BCUT2D eigenvalue weighted by Gasteiger charge is -2.19. The van der Waals surface area contributed by atoms with Crippen LogP contribution in [0.5, 0.6) is 0 Å². The molecule has 0 spiro atoms. The third-order valence-corrected chi connectivity index (χ3v) is 3.35. The van der Waals surface area contributed by atoms with Gasteiger partial charge in [-0.1, -0.05) is 19.1 Å². The first-order valence-electron chi connectivity index (χ1n) is 6.83. The van der Waals surface area contributed by atoms with Gasteiger partial charge in [0.2, 0.25) is 0 Å². The smallest absolute Gasteiger partial charge is 0.315 e. The van der Waals surface area contributed by atoms with Gasteiger partial charge in [0.15, 0.2) is 0 Å². The Morgan fingerprint density at radius 3 is 2.30 bits per heavy atom. The number of carbonyl (C=O) groups is 1. The number of hydrogen-bond donors (Lipinski definition) is 3. The zero-order valence-electron chi connectivity index (χ0n) is 12.5. The van der Waals surface area contributed by atoms with E-state index in [2.05, 4.69) is 10.6 Å². The molecule has 112 valence electrons. The van der Waals surface area contributed by atoms with Gasteiger partial charge in [0.25, 0.3) is 0 Å². The molecule has 0 radical (unpaired) electrons. The fourth-order valence-corrected chi connectivity index (χ4v) is 2.01. The normalized spacial score (nSPS) is 13.7. The number of nitrogens with one attached hydrogen (secondary N) is 2. The average Bonchev–Trinajstić information content (AvgIpc) is 2.41. The highest BCUT2D eigenvalue weighted by Gasteiger charge is 2.14. The Hall–Kier alpha value is -1.62. The molecule has 3 N–H and O–H groups in total. The van der Waals surface area contributed by atoms with Crippen LogP contribution in [0.3, 0.4) is 0 Å². The van der Waals surface area contributed by atoms with Crippen molar-refractivity contribution in [2.75, 3.05) is 6.61 Å². The van der Waals surface area contributed by atoms with Gasteiger partial charge in [-0.05, 0) is 43.9 Å². The van der Waals surface area contributed by atoms with Crippen molar-refractivity contribution in [1.82, 2.24) is 10.6 Å². The van der Waals surface area contributed by atoms with Crippen LogP contribution in [-0.4, -0.2) is 23.8 Å². The Labute approximate surface area is 119 Å². The van der Waals surface area contributed by atoms with Gasteiger partial charge >= 0.3 is 6.03 Å². The van der Waals surface area contributed by atoms with E-state index in [0.29, 0.717) is 17.5 Å². The van der Waals surface area contributed by atoms with Gasteiger partial charge in [0.05, 0.1) is 18.7 Å². The molecular weight excluding hydrogens is 259 g/mol. The highest BCUT2D eigenvalue weighted by atomic mass is 19.1. The zero-order chi connectivity index (χ0) is 15.3.